The summed E-state index contributed by atoms with van der Waals surface area (Å²) in [7, 11) is 1.48. The van der Waals surface area contributed by atoms with E-state index in [1.54, 1.807) is 12.1 Å². The number of hydrogen-bond donors (Lipinski definition) is 1. The predicted octanol–water partition coefficient (Wildman–Crippen LogP) is 5.22. The molecule has 31 heavy (non-hydrogen) atoms. The first-order valence-electron chi connectivity index (χ1n) is 11.0. The molecule has 166 valence electrons. The second-order valence-electron chi connectivity index (χ2n) is 8.60. The smallest absolute Gasteiger partial charge is 0.315 e. The lowest BCUT2D eigenvalue weighted by Gasteiger charge is -2.35. The monoisotopic (exact) mass is 489 g/mol. The fourth-order valence-electron chi connectivity index (χ4n) is 5.02. The lowest BCUT2D eigenvalue weighted by Crippen LogP contribution is -2.38. The van der Waals surface area contributed by atoms with Gasteiger partial charge in [0.05, 0.1) is 11.6 Å². The molecule has 1 aromatic carbocycles. The van der Waals surface area contributed by atoms with Gasteiger partial charge in [0.25, 0.3) is 0 Å². The highest BCUT2D eigenvalue weighted by molar-refractivity contribution is 9.10. The van der Waals surface area contributed by atoms with E-state index in [4.69, 9.17) is 14.5 Å². The highest BCUT2D eigenvalue weighted by Crippen LogP contribution is 2.47. The van der Waals surface area contributed by atoms with Crippen molar-refractivity contribution in [1.82, 2.24) is 0 Å². The van der Waals surface area contributed by atoms with E-state index in [0.717, 1.165) is 49.8 Å². The van der Waals surface area contributed by atoms with Crippen LogP contribution in [0, 0.1) is 5.92 Å². The standard InChI is InChI=1S/C24H28BrNO5/c1-13-20(24(29)31-15-7-4-3-5-8-15)21(22-17(26-13)9-6-10-18(22)27)14-11-16(25)23(28)19(12-14)30-2/h11-12,15,20-21,28H,3-10H2,1-2H3/t20?,21-/m1/s1. The van der Waals surface area contributed by atoms with E-state index in [0.29, 0.717) is 22.2 Å². The largest absolute Gasteiger partial charge is 0.503 e. The average Bonchev–Trinajstić information content (AvgIpc) is 2.75. The van der Waals surface area contributed by atoms with Crippen LogP contribution in [0.1, 0.15) is 69.8 Å². The van der Waals surface area contributed by atoms with Crippen LogP contribution in [0.3, 0.4) is 0 Å². The van der Waals surface area contributed by atoms with Crippen LogP contribution >= 0.6 is 15.9 Å². The van der Waals surface area contributed by atoms with E-state index < -0.39 is 11.8 Å². The fourth-order valence-corrected chi connectivity index (χ4v) is 5.48. The molecular weight excluding hydrogens is 462 g/mol. The lowest BCUT2D eigenvalue weighted by atomic mass is 9.71. The summed E-state index contributed by atoms with van der Waals surface area (Å²) in [6.45, 7) is 1.84. The number of hydrogen-bond acceptors (Lipinski definition) is 6. The van der Waals surface area contributed by atoms with Crippen molar-refractivity contribution in [3.8, 4) is 11.5 Å². The number of phenolic OH excluding ortho intramolecular Hbond substituents is 1. The SMILES string of the molecule is COc1cc([C@H]2C3=C(CCCC3=O)N=C(C)C2C(=O)OC2CCCCC2)cc(Br)c1O. The molecule has 1 unspecified atom stereocenters. The number of ether oxygens (including phenoxy) is 2. The number of methoxy groups -OCH3 is 1. The number of rotatable bonds is 4. The first-order valence-corrected chi connectivity index (χ1v) is 11.8. The van der Waals surface area contributed by atoms with Crippen molar-refractivity contribution >= 4 is 33.4 Å². The molecule has 2 atom stereocenters. The molecule has 0 bridgehead atoms. The minimum atomic E-state index is -0.677. The third-order valence-corrected chi connectivity index (χ3v) is 7.16. The van der Waals surface area contributed by atoms with Gasteiger partial charge in [-0.3, -0.25) is 14.6 Å². The van der Waals surface area contributed by atoms with E-state index in [1.165, 1.54) is 13.5 Å². The number of nitrogens with zero attached hydrogens (tertiary/aromatic N) is 1. The molecule has 1 heterocycles. The van der Waals surface area contributed by atoms with Crippen LogP contribution in [0.25, 0.3) is 0 Å². The van der Waals surface area contributed by atoms with E-state index in [-0.39, 0.29) is 29.4 Å². The van der Waals surface area contributed by atoms with Gasteiger partial charge in [0.1, 0.15) is 12.0 Å². The molecule has 2 aliphatic carbocycles. The first kappa shape index (κ1) is 22.1. The van der Waals surface area contributed by atoms with Crippen LogP contribution in [0.4, 0.5) is 0 Å². The zero-order valence-corrected chi connectivity index (χ0v) is 19.5. The molecule has 1 saturated carbocycles. The number of Topliss-reactive ketones (excluding diaryl/α,β-unsaturated/α-hetero) is 1. The molecule has 0 radical (unpaired) electrons. The van der Waals surface area contributed by atoms with Crippen LogP contribution in [0.15, 0.2) is 32.9 Å². The maximum Gasteiger partial charge on any atom is 0.315 e. The van der Waals surface area contributed by atoms with Gasteiger partial charge in [-0.15, -0.1) is 0 Å². The van der Waals surface area contributed by atoms with Crippen LogP contribution in [-0.4, -0.2) is 35.8 Å². The zero-order chi connectivity index (χ0) is 22.1. The molecule has 7 heteroatoms. The molecule has 1 fully saturated rings. The Hall–Kier alpha value is -2.15. The van der Waals surface area contributed by atoms with Crippen LogP contribution in [0.5, 0.6) is 11.5 Å². The first-order chi connectivity index (χ1) is 14.9. The highest BCUT2D eigenvalue weighted by atomic mass is 79.9. The molecule has 4 rings (SSSR count). The van der Waals surface area contributed by atoms with Gasteiger partial charge in [0, 0.05) is 29.3 Å². The summed E-state index contributed by atoms with van der Waals surface area (Å²) in [6, 6.07) is 3.46. The Morgan fingerprint density at radius 1 is 1.16 bits per heavy atom. The fraction of sp³-hybridized carbons (Fsp3) is 0.542. The number of phenols is 1. The molecule has 1 N–H and O–H groups in total. The number of aliphatic imine (C=N–C) groups is 1. The highest BCUT2D eigenvalue weighted by Gasteiger charge is 2.44. The Morgan fingerprint density at radius 3 is 2.61 bits per heavy atom. The summed E-state index contributed by atoms with van der Waals surface area (Å²) < 4.78 is 11.7. The number of esters is 1. The molecule has 6 nitrogen and oxygen atoms in total. The van der Waals surface area contributed by atoms with Crippen LogP contribution in [-0.2, 0) is 14.3 Å². The Kier molecular flexibility index (Phi) is 6.51. The molecule has 0 amide bonds. The van der Waals surface area contributed by atoms with Gasteiger partial charge in [0.15, 0.2) is 17.3 Å². The van der Waals surface area contributed by atoms with Gasteiger partial charge >= 0.3 is 5.97 Å². The normalized spacial score (nSPS) is 24.5. The van der Waals surface area contributed by atoms with Gasteiger partial charge in [-0.2, -0.15) is 0 Å². The minimum Gasteiger partial charge on any atom is -0.503 e. The molecule has 1 aromatic rings. The molecule has 0 spiro atoms. The summed E-state index contributed by atoms with van der Waals surface area (Å²) >= 11 is 3.38. The zero-order valence-electron chi connectivity index (χ0n) is 17.9. The molecule has 1 aliphatic heterocycles. The van der Waals surface area contributed by atoms with Crippen molar-refractivity contribution in [2.45, 2.75) is 70.3 Å². The van der Waals surface area contributed by atoms with Crippen molar-refractivity contribution < 1.29 is 24.2 Å². The number of halogens is 1. The Balaban J connectivity index is 1.78. The van der Waals surface area contributed by atoms with Crippen LogP contribution < -0.4 is 4.74 Å². The van der Waals surface area contributed by atoms with Crippen molar-refractivity contribution in [2.75, 3.05) is 7.11 Å². The van der Waals surface area contributed by atoms with Crippen molar-refractivity contribution in [1.29, 1.82) is 0 Å². The number of ketones is 1. The van der Waals surface area contributed by atoms with E-state index in [9.17, 15) is 14.7 Å². The van der Waals surface area contributed by atoms with Gasteiger partial charge in [-0.05, 0) is 79.1 Å². The third kappa shape index (κ3) is 4.29. The third-order valence-electron chi connectivity index (χ3n) is 6.55. The average molecular weight is 490 g/mol. The summed E-state index contributed by atoms with van der Waals surface area (Å²) in [5.74, 6) is -1.22. The summed E-state index contributed by atoms with van der Waals surface area (Å²) in [6.07, 6.45) is 6.92. The number of allylic oxidation sites excluding steroid dienone is 2. The summed E-state index contributed by atoms with van der Waals surface area (Å²) in [5.41, 5.74) is 2.76. The second-order valence-corrected chi connectivity index (χ2v) is 9.45. The summed E-state index contributed by atoms with van der Waals surface area (Å²) in [5, 5.41) is 10.3. The summed E-state index contributed by atoms with van der Waals surface area (Å²) in [4.78, 5) is 31.1. The van der Waals surface area contributed by atoms with E-state index in [2.05, 4.69) is 15.9 Å². The quantitative estimate of drug-likeness (QED) is 0.585. The van der Waals surface area contributed by atoms with Crippen molar-refractivity contribution in [2.24, 2.45) is 10.9 Å². The van der Waals surface area contributed by atoms with Crippen LogP contribution in [0.2, 0.25) is 0 Å². The number of benzene rings is 1. The number of aromatic hydroxyl groups is 1. The molecule has 0 saturated heterocycles. The number of carbonyl (C=O) groups excluding carboxylic acids is 2. The topological polar surface area (TPSA) is 85.2 Å². The Bertz CT molecular complexity index is 961. The van der Waals surface area contributed by atoms with Gasteiger partial charge in [-0.1, -0.05) is 6.42 Å². The molecule has 3 aliphatic rings. The maximum absolute atomic E-state index is 13.4. The Labute approximate surface area is 190 Å². The van der Waals surface area contributed by atoms with E-state index in [1.807, 2.05) is 6.92 Å². The van der Waals surface area contributed by atoms with E-state index >= 15 is 0 Å². The number of carbonyl (C=O) groups is 2. The second kappa shape index (κ2) is 9.15. The van der Waals surface area contributed by atoms with Gasteiger partial charge in [0.2, 0.25) is 0 Å². The molecule has 0 aromatic heterocycles. The minimum absolute atomic E-state index is 0.0158. The lowest BCUT2D eigenvalue weighted by molar-refractivity contribution is -0.153. The Morgan fingerprint density at radius 2 is 1.90 bits per heavy atom. The predicted molar refractivity (Wildman–Crippen MR) is 121 cm³/mol. The maximum atomic E-state index is 13.4. The van der Waals surface area contributed by atoms with Crippen molar-refractivity contribution in [3.63, 3.8) is 0 Å². The van der Waals surface area contributed by atoms with Gasteiger partial charge in [-0.25, -0.2) is 0 Å². The van der Waals surface area contributed by atoms with Gasteiger partial charge < -0.3 is 14.6 Å². The molecular formula is C24H28BrNO5. The van der Waals surface area contributed by atoms with Crippen molar-refractivity contribution in [3.05, 3.63) is 33.4 Å².